The van der Waals surface area contributed by atoms with Crippen molar-refractivity contribution < 1.29 is 24.7 Å². The Hall–Kier alpha value is 0.103. The molecule has 0 spiro atoms. The molecule has 0 saturated heterocycles. The number of benzene rings is 1. The summed E-state index contributed by atoms with van der Waals surface area (Å²) in [6, 6.07) is 8.42. The van der Waals surface area contributed by atoms with Crippen LogP contribution >= 0.6 is 0 Å². The SMILES string of the molecule is Cc1ccccc1[At]. The van der Waals surface area contributed by atoms with E-state index in [1.807, 2.05) is 0 Å². The predicted molar refractivity (Wildman–Crippen MR) is 30.8 cm³/mol. The van der Waals surface area contributed by atoms with E-state index >= 15 is 0 Å². The molecule has 0 bridgehead atoms. The summed E-state index contributed by atoms with van der Waals surface area (Å²) in [5, 5.41) is 0. The van der Waals surface area contributed by atoms with E-state index in [2.05, 4.69) is 31.2 Å². The number of hydrogen-bond donors (Lipinski definition) is 0. The van der Waals surface area contributed by atoms with E-state index in [9.17, 15) is 0 Å². The van der Waals surface area contributed by atoms with Crippen LogP contribution in [0.25, 0.3) is 0 Å². The van der Waals surface area contributed by atoms with E-state index in [-0.39, 0.29) is 0 Å². The Morgan fingerprint density at radius 2 is 1.88 bits per heavy atom. The quantitative estimate of drug-likeness (QED) is 0.675. The Balaban J connectivity index is 3.13. The Morgan fingerprint density at radius 1 is 1.25 bits per heavy atom. The summed E-state index contributed by atoms with van der Waals surface area (Å²) >= 11 is 1.74. The van der Waals surface area contributed by atoms with Crippen molar-refractivity contribution in [1.82, 2.24) is 0 Å². The summed E-state index contributed by atoms with van der Waals surface area (Å²) in [7, 11) is 0. The molecule has 0 heterocycles. The zero-order valence-corrected chi connectivity index (χ0v) is 7.63. The third-order valence-electron chi connectivity index (χ3n) is 1.08. The third-order valence-corrected chi connectivity index (χ3v) is 2.73. The summed E-state index contributed by atoms with van der Waals surface area (Å²) in [4.78, 5) is 0. The molecule has 1 aromatic carbocycles. The monoisotopic (exact) mass is 301 g/mol. The molecule has 0 aliphatic carbocycles. The molecule has 1 heteroatoms. The second-order valence-corrected chi connectivity index (χ2v) is 3.33. The fourth-order valence-electron chi connectivity index (χ4n) is 0.551. The minimum absolute atomic E-state index is 1.39. The number of aryl methyl sites for hydroxylation is 1. The van der Waals surface area contributed by atoms with Gasteiger partial charge in [0.25, 0.3) is 0 Å². The van der Waals surface area contributed by atoms with Crippen molar-refractivity contribution in [2.45, 2.75) is 6.92 Å². The van der Waals surface area contributed by atoms with Crippen LogP contribution in [-0.2, 0) is 0 Å². The third kappa shape index (κ3) is 1.29. The average Bonchev–Trinajstić information content (AvgIpc) is 1.77. The summed E-state index contributed by atoms with van der Waals surface area (Å²) in [6.07, 6.45) is 0. The van der Waals surface area contributed by atoms with Gasteiger partial charge in [-0.25, -0.2) is 0 Å². The van der Waals surface area contributed by atoms with Crippen molar-refractivity contribution in [2.24, 2.45) is 0 Å². The first-order valence-corrected chi connectivity index (χ1v) is 3.99. The minimum atomic E-state index is 1.39. The Morgan fingerprint density at radius 3 is 2.25 bits per heavy atom. The molecule has 0 aliphatic rings. The van der Waals surface area contributed by atoms with E-state index in [0.717, 1.165) is 0 Å². The predicted octanol–water partition coefficient (Wildman–Crippen LogP) is 1.17. The van der Waals surface area contributed by atoms with Crippen LogP contribution in [0.15, 0.2) is 24.3 Å². The zero-order valence-electron chi connectivity index (χ0n) is 4.69. The van der Waals surface area contributed by atoms with Gasteiger partial charge in [-0.1, -0.05) is 0 Å². The van der Waals surface area contributed by atoms with E-state index in [1.54, 1.807) is 24.7 Å². The molecule has 0 N–H and O–H groups in total. The van der Waals surface area contributed by atoms with Gasteiger partial charge in [-0.3, -0.25) is 0 Å². The molecule has 0 aliphatic heterocycles. The van der Waals surface area contributed by atoms with Gasteiger partial charge in [-0.05, 0) is 0 Å². The van der Waals surface area contributed by atoms with Crippen LogP contribution in [-0.4, -0.2) is 0 Å². The molecule has 0 nitrogen and oxygen atoms in total. The van der Waals surface area contributed by atoms with Crippen LogP contribution in [0.4, 0.5) is 0 Å². The molecule has 8 heavy (non-hydrogen) atoms. The molecular weight excluding hydrogens is 294 g/mol. The normalized spacial score (nSPS) is 9.25. The van der Waals surface area contributed by atoms with Crippen molar-refractivity contribution in [1.29, 1.82) is 0 Å². The van der Waals surface area contributed by atoms with Crippen molar-refractivity contribution in [2.75, 3.05) is 0 Å². The van der Waals surface area contributed by atoms with Crippen LogP contribution in [0, 0.1) is 31.6 Å². The molecule has 0 atom stereocenters. The average molecular weight is 301 g/mol. The Labute approximate surface area is 64.8 Å². The van der Waals surface area contributed by atoms with Crippen LogP contribution in [0.3, 0.4) is 0 Å². The van der Waals surface area contributed by atoms with E-state index in [4.69, 9.17) is 0 Å². The second kappa shape index (κ2) is 2.59. The van der Waals surface area contributed by atoms with E-state index in [1.165, 1.54) is 8.83 Å². The van der Waals surface area contributed by atoms with Gasteiger partial charge in [0.1, 0.15) is 0 Å². The molecule has 0 unspecified atom stereocenters. The Bertz CT molecular complexity index is 160. The first-order valence-electron chi connectivity index (χ1n) is 2.52. The van der Waals surface area contributed by atoms with E-state index < -0.39 is 0 Å². The van der Waals surface area contributed by atoms with Gasteiger partial charge < -0.3 is 0 Å². The molecule has 0 amide bonds. The first kappa shape index (κ1) is 6.23. The van der Waals surface area contributed by atoms with E-state index in [0.29, 0.717) is 0 Å². The topological polar surface area (TPSA) is 0 Å². The number of rotatable bonds is 0. The summed E-state index contributed by atoms with van der Waals surface area (Å²) < 4.78 is 1.42. The van der Waals surface area contributed by atoms with Crippen molar-refractivity contribution in [3.8, 4) is 0 Å². The molecule has 0 aromatic heterocycles. The summed E-state index contributed by atoms with van der Waals surface area (Å²) in [5.41, 5.74) is 1.39. The Kier molecular flexibility index (Phi) is 2.02. The summed E-state index contributed by atoms with van der Waals surface area (Å²) in [6.45, 7) is 2.13. The van der Waals surface area contributed by atoms with Crippen molar-refractivity contribution in [3.63, 3.8) is 0 Å². The summed E-state index contributed by atoms with van der Waals surface area (Å²) in [5.74, 6) is 0. The van der Waals surface area contributed by atoms with Gasteiger partial charge in [0.15, 0.2) is 0 Å². The van der Waals surface area contributed by atoms with Crippen molar-refractivity contribution >= 4 is 3.27 Å². The number of hydrogen-bond acceptors (Lipinski definition) is 0. The first-order chi connectivity index (χ1) is 3.80. The van der Waals surface area contributed by atoms with Gasteiger partial charge in [-0.15, -0.1) is 0 Å². The molecule has 1 aromatic rings. The van der Waals surface area contributed by atoms with Gasteiger partial charge in [-0.2, -0.15) is 0 Å². The molecule has 0 radical (unpaired) electrons. The van der Waals surface area contributed by atoms with Gasteiger partial charge in [0.05, 0.1) is 0 Å². The van der Waals surface area contributed by atoms with Crippen LogP contribution in [0.5, 0.6) is 0 Å². The van der Waals surface area contributed by atoms with Crippen molar-refractivity contribution in [3.05, 3.63) is 29.8 Å². The van der Waals surface area contributed by atoms with Gasteiger partial charge in [0.2, 0.25) is 0 Å². The fraction of sp³-hybridized carbons (Fsp3) is 0.143. The van der Waals surface area contributed by atoms with Crippen LogP contribution < -0.4 is 3.27 Å². The van der Waals surface area contributed by atoms with Gasteiger partial charge in [0, 0.05) is 0 Å². The maximum absolute atomic E-state index is 2.15. The molecule has 0 saturated carbocycles. The van der Waals surface area contributed by atoms with Gasteiger partial charge >= 0.3 is 64.7 Å². The molecular formula is C7H7At. The second-order valence-electron chi connectivity index (χ2n) is 1.75. The standard InChI is InChI=1S/C7H7At/c1-6-4-2-3-5-7(6)8/h2-5H,1H3. The molecule has 1 rings (SSSR count). The maximum atomic E-state index is 2.15. The zero-order chi connectivity index (χ0) is 5.98. The molecule has 42 valence electrons. The molecule has 0 fully saturated rings. The van der Waals surface area contributed by atoms with Crippen LogP contribution in [0.1, 0.15) is 5.56 Å². The van der Waals surface area contributed by atoms with Crippen LogP contribution in [0.2, 0.25) is 0 Å². The fourth-order valence-corrected chi connectivity index (χ4v) is 1.08.